The van der Waals surface area contributed by atoms with Gasteiger partial charge in [0.2, 0.25) is 0 Å². The molecule has 2 heterocycles. The number of hydrogen-bond acceptors (Lipinski definition) is 4. The van der Waals surface area contributed by atoms with Crippen LogP contribution in [0.3, 0.4) is 0 Å². The van der Waals surface area contributed by atoms with E-state index in [1.165, 1.54) is 0 Å². The number of halogens is 1. The normalized spacial score (nSPS) is 10.7. The van der Waals surface area contributed by atoms with Gasteiger partial charge in [-0.1, -0.05) is 6.92 Å². The maximum Gasteiger partial charge on any atom is 0.292 e. The number of aryl methyl sites for hydroxylation is 1. The van der Waals surface area contributed by atoms with Crippen molar-refractivity contribution in [2.45, 2.75) is 13.3 Å². The second kappa shape index (κ2) is 3.74. The molecule has 2 rings (SSSR count). The summed E-state index contributed by atoms with van der Waals surface area (Å²) >= 11 is 5.01. The van der Waals surface area contributed by atoms with Crippen molar-refractivity contribution in [3.8, 4) is 10.6 Å². The second-order valence-electron chi connectivity index (χ2n) is 2.81. The Labute approximate surface area is 94.1 Å². The summed E-state index contributed by atoms with van der Waals surface area (Å²) in [6.07, 6.45) is 0.825. The molecule has 0 unspecified atom stereocenters. The molecular weight excluding hydrogens is 264 g/mol. The third kappa shape index (κ3) is 1.69. The number of thiophene rings is 1. The van der Waals surface area contributed by atoms with Crippen molar-refractivity contribution in [3.63, 3.8) is 0 Å². The highest BCUT2D eigenvalue weighted by Crippen LogP contribution is 2.33. The van der Waals surface area contributed by atoms with Crippen LogP contribution in [0.15, 0.2) is 20.3 Å². The smallest absolute Gasteiger partial charge is 0.292 e. The summed E-state index contributed by atoms with van der Waals surface area (Å²) in [6.45, 7) is 2.03. The van der Waals surface area contributed by atoms with Crippen molar-refractivity contribution < 1.29 is 4.42 Å². The van der Waals surface area contributed by atoms with Crippen LogP contribution in [0.2, 0.25) is 0 Å². The van der Waals surface area contributed by atoms with E-state index in [2.05, 4.69) is 20.9 Å². The van der Waals surface area contributed by atoms with E-state index in [0.717, 1.165) is 27.2 Å². The molecule has 0 atom stereocenters. The molecule has 0 saturated carbocycles. The van der Waals surface area contributed by atoms with Gasteiger partial charge >= 0.3 is 0 Å². The van der Waals surface area contributed by atoms with Crippen molar-refractivity contribution in [3.05, 3.63) is 21.6 Å². The van der Waals surface area contributed by atoms with Crippen molar-refractivity contribution in [1.82, 2.24) is 4.98 Å². The molecule has 0 aliphatic rings. The summed E-state index contributed by atoms with van der Waals surface area (Å²) in [4.78, 5) is 5.17. The van der Waals surface area contributed by atoms with E-state index in [0.29, 0.717) is 0 Å². The lowest BCUT2D eigenvalue weighted by Crippen LogP contribution is -1.85. The first kappa shape index (κ1) is 9.73. The van der Waals surface area contributed by atoms with E-state index in [4.69, 9.17) is 10.2 Å². The minimum Gasteiger partial charge on any atom is -0.423 e. The summed E-state index contributed by atoms with van der Waals surface area (Å²) in [6, 6.07) is 2.24. The molecule has 0 bridgehead atoms. The lowest BCUT2D eigenvalue weighted by molar-refractivity contribution is 0.595. The molecule has 2 aromatic heterocycles. The molecule has 2 aromatic rings. The van der Waals surface area contributed by atoms with Crippen LogP contribution in [0.1, 0.15) is 12.6 Å². The molecule has 14 heavy (non-hydrogen) atoms. The van der Waals surface area contributed by atoms with Crippen LogP contribution in [0.4, 0.5) is 6.01 Å². The standard InChI is InChI=1S/C9H9BrN2OS/c1-2-6-8(13-9(11)12-6)7-3-5(10)4-14-7/h3-4H,2H2,1H3,(H2,11,12). The summed E-state index contributed by atoms with van der Waals surface area (Å²) in [5, 5.41) is 2.01. The van der Waals surface area contributed by atoms with Crippen molar-refractivity contribution >= 4 is 33.3 Å². The molecule has 0 aliphatic heterocycles. The summed E-state index contributed by atoms with van der Waals surface area (Å²) in [5.41, 5.74) is 6.43. The summed E-state index contributed by atoms with van der Waals surface area (Å²) < 4.78 is 6.41. The zero-order chi connectivity index (χ0) is 10.1. The zero-order valence-corrected chi connectivity index (χ0v) is 9.98. The Hall–Kier alpha value is -0.810. The SMILES string of the molecule is CCc1nc(N)oc1-c1cc(Br)cs1. The monoisotopic (exact) mass is 272 g/mol. The molecule has 0 aromatic carbocycles. The molecule has 74 valence electrons. The third-order valence-corrected chi connectivity index (χ3v) is 3.53. The van der Waals surface area contributed by atoms with Gasteiger partial charge in [-0.2, -0.15) is 4.98 Å². The molecular formula is C9H9BrN2OS. The van der Waals surface area contributed by atoms with Crippen LogP contribution in [-0.2, 0) is 6.42 Å². The van der Waals surface area contributed by atoms with Crippen LogP contribution in [-0.4, -0.2) is 4.98 Å². The third-order valence-electron chi connectivity index (χ3n) is 1.84. The second-order valence-corrected chi connectivity index (χ2v) is 4.64. The number of aromatic nitrogens is 1. The fraction of sp³-hybridized carbons (Fsp3) is 0.222. The molecule has 5 heteroatoms. The highest BCUT2D eigenvalue weighted by molar-refractivity contribution is 9.10. The first-order valence-electron chi connectivity index (χ1n) is 4.20. The molecule has 0 radical (unpaired) electrons. The topological polar surface area (TPSA) is 52.0 Å². The quantitative estimate of drug-likeness (QED) is 0.913. The van der Waals surface area contributed by atoms with Crippen molar-refractivity contribution in [2.24, 2.45) is 0 Å². The van der Waals surface area contributed by atoms with Crippen LogP contribution in [0.5, 0.6) is 0 Å². The molecule has 0 amide bonds. The number of nitrogen functional groups attached to an aromatic ring is 1. The van der Waals surface area contributed by atoms with Crippen LogP contribution in [0.25, 0.3) is 10.6 Å². The Morgan fingerprint density at radius 1 is 1.64 bits per heavy atom. The lowest BCUT2D eigenvalue weighted by atomic mass is 10.2. The number of anilines is 1. The number of rotatable bonds is 2. The predicted octanol–water partition coefficient (Wildman–Crippen LogP) is 3.31. The van der Waals surface area contributed by atoms with Gasteiger partial charge < -0.3 is 10.2 Å². The molecule has 0 aliphatic carbocycles. The van der Waals surface area contributed by atoms with E-state index in [9.17, 15) is 0 Å². The molecule has 0 saturated heterocycles. The van der Waals surface area contributed by atoms with Gasteiger partial charge in [0.15, 0.2) is 5.76 Å². The number of oxazole rings is 1. The van der Waals surface area contributed by atoms with E-state index < -0.39 is 0 Å². The van der Waals surface area contributed by atoms with Crippen LogP contribution < -0.4 is 5.73 Å². The minimum atomic E-state index is 0.237. The predicted molar refractivity (Wildman–Crippen MR) is 61.3 cm³/mol. The fourth-order valence-electron chi connectivity index (χ4n) is 1.23. The lowest BCUT2D eigenvalue weighted by Gasteiger charge is -1.92. The Kier molecular flexibility index (Phi) is 2.60. The van der Waals surface area contributed by atoms with E-state index in [1.54, 1.807) is 11.3 Å². The molecule has 3 nitrogen and oxygen atoms in total. The Morgan fingerprint density at radius 2 is 2.43 bits per heavy atom. The maximum atomic E-state index is 5.51. The number of nitrogens with zero attached hydrogens (tertiary/aromatic N) is 1. The first-order valence-corrected chi connectivity index (χ1v) is 5.87. The van der Waals surface area contributed by atoms with Gasteiger partial charge in [0.05, 0.1) is 10.6 Å². The average molecular weight is 273 g/mol. The fourth-order valence-corrected chi connectivity index (χ4v) is 2.66. The van der Waals surface area contributed by atoms with E-state index in [1.807, 2.05) is 18.4 Å². The van der Waals surface area contributed by atoms with Gasteiger partial charge in [-0.3, -0.25) is 0 Å². The maximum absolute atomic E-state index is 5.51. The summed E-state index contributed by atoms with van der Waals surface area (Å²) in [7, 11) is 0. The van der Waals surface area contributed by atoms with E-state index in [-0.39, 0.29) is 6.01 Å². The van der Waals surface area contributed by atoms with Gasteiger partial charge in [0, 0.05) is 9.85 Å². The number of hydrogen-bond donors (Lipinski definition) is 1. The summed E-state index contributed by atoms with van der Waals surface area (Å²) in [5.74, 6) is 0.792. The van der Waals surface area contributed by atoms with Gasteiger partial charge in [0.1, 0.15) is 0 Å². The Balaban J connectivity index is 2.49. The average Bonchev–Trinajstić information content (AvgIpc) is 2.71. The highest BCUT2D eigenvalue weighted by Gasteiger charge is 2.13. The molecule has 0 spiro atoms. The molecule has 2 N–H and O–H groups in total. The zero-order valence-electron chi connectivity index (χ0n) is 7.58. The Morgan fingerprint density at radius 3 is 3.00 bits per heavy atom. The van der Waals surface area contributed by atoms with Gasteiger partial charge in [-0.15, -0.1) is 11.3 Å². The first-order chi connectivity index (χ1) is 6.70. The van der Waals surface area contributed by atoms with E-state index >= 15 is 0 Å². The van der Waals surface area contributed by atoms with Crippen LogP contribution >= 0.6 is 27.3 Å². The Bertz CT molecular complexity index is 449. The largest absolute Gasteiger partial charge is 0.423 e. The minimum absolute atomic E-state index is 0.237. The van der Waals surface area contributed by atoms with Crippen molar-refractivity contribution in [2.75, 3.05) is 5.73 Å². The van der Waals surface area contributed by atoms with Gasteiger partial charge in [-0.05, 0) is 28.4 Å². The molecule has 0 fully saturated rings. The highest BCUT2D eigenvalue weighted by atomic mass is 79.9. The van der Waals surface area contributed by atoms with Crippen molar-refractivity contribution in [1.29, 1.82) is 0 Å². The number of nitrogens with two attached hydrogens (primary N) is 1. The van der Waals surface area contributed by atoms with Gasteiger partial charge in [0.25, 0.3) is 6.01 Å². The van der Waals surface area contributed by atoms with Gasteiger partial charge in [-0.25, -0.2) is 0 Å². The van der Waals surface area contributed by atoms with Crippen LogP contribution in [0, 0.1) is 0 Å².